The van der Waals surface area contributed by atoms with Crippen molar-refractivity contribution in [2.24, 2.45) is 0 Å². The Morgan fingerprint density at radius 3 is 2.76 bits per heavy atom. The van der Waals surface area contributed by atoms with E-state index < -0.39 is 18.1 Å². The molecule has 1 aromatic rings. The molecule has 0 aliphatic heterocycles. The number of amides is 1. The molecule has 116 valence electrons. The average molecular weight is 302 g/mol. The van der Waals surface area contributed by atoms with E-state index in [-0.39, 0.29) is 6.54 Å². The summed E-state index contributed by atoms with van der Waals surface area (Å²) < 4.78 is 43.8. The number of alkyl halides is 3. The van der Waals surface area contributed by atoms with Crippen LogP contribution in [0.4, 0.5) is 13.2 Å². The second kappa shape index (κ2) is 5.91. The standard InChI is InChI=1S/C14H17F3N2O2/c1-3-13(20)19(9(2)14(15,16)17)8-11-10-6-4-5-7-12(10)21-18-11/h3,9H,1,4-8H2,2H3/t9-/m1/s1. The lowest BCUT2D eigenvalue weighted by atomic mass is 9.96. The van der Waals surface area contributed by atoms with E-state index in [9.17, 15) is 18.0 Å². The minimum atomic E-state index is -4.50. The first-order chi connectivity index (χ1) is 9.84. The summed E-state index contributed by atoms with van der Waals surface area (Å²) in [6, 6.07) is -1.90. The molecule has 0 unspecified atom stereocenters. The van der Waals surface area contributed by atoms with Crippen molar-refractivity contribution in [2.75, 3.05) is 0 Å². The number of nitrogens with zero attached hydrogens (tertiary/aromatic N) is 2. The number of rotatable bonds is 4. The summed E-state index contributed by atoms with van der Waals surface area (Å²) in [6.45, 7) is 3.99. The van der Waals surface area contributed by atoms with Crippen molar-refractivity contribution in [3.63, 3.8) is 0 Å². The summed E-state index contributed by atoms with van der Waals surface area (Å²) in [5.41, 5.74) is 1.26. The van der Waals surface area contributed by atoms with Crippen molar-refractivity contribution < 1.29 is 22.5 Å². The van der Waals surface area contributed by atoms with Gasteiger partial charge in [-0.05, 0) is 32.3 Å². The van der Waals surface area contributed by atoms with Gasteiger partial charge in [0.15, 0.2) is 0 Å². The summed E-state index contributed by atoms with van der Waals surface area (Å²) in [4.78, 5) is 12.5. The quantitative estimate of drug-likeness (QED) is 0.803. The lowest BCUT2D eigenvalue weighted by molar-refractivity contribution is -0.185. The smallest absolute Gasteiger partial charge is 0.361 e. The molecule has 0 bridgehead atoms. The van der Waals surface area contributed by atoms with Gasteiger partial charge in [0.2, 0.25) is 5.91 Å². The molecule has 1 heterocycles. The molecule has 1 aliphatic rings. The molecule has 4 nitrogen and oxygen atoms in total. The molecule has 1 aromatic heterocycles. The number of aryl methyl sites for hydroxylation is 1. The summed E-state index contributed by atoms with van der Waals surface area (Å²) in [6.07, 6.45) is -0.212. The Balaban J connectivity index is 2.25. The Morgan fingerprint density at radius 2 is 2.14 bits per heavy atom. The van der Waals surface area contributed by atoms with E-state index in [1.807, 2.05) is 0 Å². The summed E-state index contributed by atoms with van der Waals surface area (Å²) in [7, 11) is 0. The number of aromatic nitrogens is 1. The monoisotopic (exact) mass is 302 g/mol. The third kappa shape index (κ3) is 3.28. The van der Waals surface area contributed by atoms with Crippen molar-refractivity contribution in [1.29, 1.82) is 0 Å². The molecule has 0 N–H and O–H groups in total. The maximum atomic E-state index is 12.9. The Kier molecular flexibility index (Phi) is 4.39. The van der Waals surface area contributed by atoms with Crippen LogP contribution in [0.3, 0.4) is 0 Å². The predicted octanol–water partition coefficient (Wildman–Crippen LogP) is 3.02. The van der Waals surface area contributed by atoms with E-state index in [0.717, 1.165) is 54.9 Å². The summed E-state index contributed by atoms with van der Waals surface area (Å²) in [5.74, 6) is -0.0469. The number of carbonyl (C=O) groups is 1. The molecule has 0 saturated heterocycles. The molecule has 0 saturated carbocycles. The van der Waals surface area contributed by atoms with Crippen LogP contribution in [0.2, 0.25) is 0 Å². The number of hydrogen-bond acceptors (Lipinski definition) is 3. The normalized spacial score (nSPS) is 16.2. The molecule has 21 heavy (non-hydrogen) atoms. The lowest BCUT2D eigenvalue weighted by Crippen LogP contribution is -2.46. The van der Waals surface area contributed by atoms with Crippen LogP contribution in [0.25, 0.3) is 0 Å². The van der Waals surface area contributed by atoms with E-state index in [1.165, 1.54) is 0 Å². The molecule has 1 amide bonds. The number of carbonyl (C=O) groups excluding carboxylic acids is 1. The maximum absolute atomic E-state index is 12.9. The molecule has 2 rings (SSSR count). The van der Waals surface area contributed by atoms with Crippen molar-refractivity contribution >= 4 is 5.91 Å². The van der Waals surface area contributed by atoms with Crippen LogP contribution in [0.5, 0.6) is 0 Å². The van der Waals surface area contributed by atoms with Crippen LogP contribution in [-0.4, -0.2) is 28.2 Å². The van der Waals surface area contributed by atoms with Crippen molar-refractivity contribution in [3.05, 3.63) is 29.7 Å². The first-order valence-corrected chi connectivity index (χ1v) is 6.80. The zero-order valence-electron chi connectivity index (χ0n) is 11.7. The van der Waals surface area contributed by atoms with Gasteiger partial charge in [-0.15, -0.1) is 0 Å². The SMILES string of the molecule is C=CC(=O)N(Cc1noc2c1CCCC2)[C@H](C)C(F)(F)F. The van der Waals surface area contributed by atoms with Gasteiger partial charge in [0.1, 0.15) is 17.5 Å². The van der Waals surface area contributed by atoms with Crippen LogP contribution in [0, 0.1) is 0 Å². The van der Waals surface area contributed by atoms with E-state index in [1.54, 1.807) is 0 Å². The van der Waals surface area contributed by atoms with Crippen LogP contribution in [0.15, 0.2) is 17.2 Å². The van der Waals surface area contributed by atoms with Gasteiger partial charge < -0.3 is 9.42 Å². The zero-order chi connectivity index (χ0) is 15.6. The number of fused-ring (bicyclic) bond motifs is 1. The molecule has 0 radical (unpaired) electrons. The predicted molar refractivity (Wildman–Crippen MR) is 69.4 cm³/mol. The fourth-order valence-electron chi connectivity index (χ4n) is 2.43. The Hall–Kier alpha value is -1.79. The number of hydrogen-bond donors (Lipinski definition) is 0. The van der Waals surface area contributed by atoms with Gasteiger partial charge in [-0.3, -0.25) is 4.79 Å². The molecule has 0 spiro atoms. The van der Waals surface area contributed by atoms with Gasteiger partial charge in [0.25, 0.3) is 0 Å². The third-order valence-corrected chi connectivity index (χ3v) is 3.75. The second-order valence-corrected chi connectivity index (χ2v) is 5.13. The molecule has 1 atom stereocenters. The highest BCUT2D eigenvalue weighted by molar-refractivity contribution is 5.87. The van der Waals surface area contributed by atoms with Crippen molar-refractivity contribution in [1.82, 2.24) is 10.1 Å². The van der Waals surface area contributed by atoms with Crippen LogP contribution in [-0.2, 0) is 24.2 Å². The van der Waals surface area contributed by atoms with E-state index in [0.29, 0.717) is 5.69 Å². The van der Waals surface area contributed by atoms with E-state index >= 15 is 0 Å². The van der Waals surface area contributed by atoms with Gasteiger partial charge in [0.05, 0.1) is 6.54 Å². The highest BCUT2D eigenvalue weighted by Gasteiger charge is 2.42. The topological polar surface area (TPSA) is 46.3 Å². The fourth-order valence-corrected chi connectivity index (χ4v) is 2.43. The Bertz CT molecular complexity index is 537. The average Bonchev–Trinajstić information content (AvgIpc) is 2.85. The van der Waals surface area contributed by atoms with Crippen LogP contribution < -0.4 is 0 Å². The van der Waals surface area contributed by atoms with Gasteiger partial charge in [0, 0.05) is 12.0 Å². The minimum Gasteiger partial charge on any atom is -0.361 e. The van der Waals surface area contributed by atoms with E-state index in [4.69, 9.17) is 4.52 Å². The highest BCUT2D eigenvalue weighted by Crippen LogP contribution is 2.29. The van der Waals surface area contributed by atoms with Gasteiger partial charge >= 0.3 is 6.18 Å². The largest absolute Gasteiger partial charge is 0.408 e. The third-order valence-electron chi connectivity index (χ3n) is 3.75. The van der Waals surface area contributed by atoms with Gasteiger partial charge in [-0.1, -0.05) is 11.7 Å². The van der Waals surface area contributed by atoms with Gasteiger partial charge in [-0.2, -0.15) is 13.2 Å². The summed E-state index contributed by atoms with van der Waals surface area (Å²) in [5, 5.41) is 3.85. The van der Waals surface area contributed by atoms with Gasteiger partial charge in [-0.25, -0.2) is 0 Å². The molecule has 0 fully saturated rings. The van der Waals surface area contributed by atoms with E-state index in [2.05, 4.69) is 11.7 Å². The first kappa shape index (κ1) is 15.6. The molecule has 1 aliphatic carbocycles. The van der Waals surface area contributed by atoms with Crippen LogP contribution >= 0.6 is 0 Å². The Morgan fingerprint density at radius 1 is 1.48 bits per heavy atom. The first-order valence-electron chi connectivity index (χ1n) is 6.80. The summed E-state index contributed by atoms with van der Waals surface area (Å²) >= 11 is 0. The second-order valence-electron chi connectivity index (χ2n) is 5.13. The lowest BCUT2D eigenvalue weighted by Gasteiger charge is -2.29. The highest BCUT2D eigenvalue weighted by atomic mass is 19.4. The maximum Gasteiger partial charge on any atom is 0.408 e. The molecular formula is C14H17F3N2O2. The zero-order valence-corrected chi connectivity index (χ0v) is 11.7. The molecular weight excluding hydrogens is 285 g/mol. The van der Waals surface area contributed by atoms with Crippen molar-refractivity contribution in [2.45, 2.75) is 51.4 Å². The minimum absolute atomic E-state index is 0.218. The van der Waals surface area contributed by atoms with Crippen molar-refractivity contribution in [3.8, 4) is 0 Å². The fraction of sp³-hybridized carbons (Fsp3) is 0.571. The Labute approximate surface area is 120 Å². The van der Waals surface area contributed by atoms with Crippen LogP contribution in [0.1, 0.15) is 36.8 Å². The molecule has 0 aromatic carbocycles. The molecule has 7 heteroatoms. The number of halogens is 3.